The van der Waals surface area contributed by atoms with E-state index in [0.717, 1.165) is 25.5 Å². The number of nitrogens with one attached hydrogen (secondary N) is 2. The van der Waals surface area contributed by atoms with Crippen LogP contribution in [0.4, 0.5) is 4.39 Å². The summed E-state index contributed by atoms with van der Waals surface area (Å²) < 4.78 is 45.9. The first kappa shape index (κ1) is 19.6. The van der Waals surface area contributed by atoms with Gasteiger partial charge in [-0.1, -0.05) is 17.7 Å². The molecule has 2 N–H and O–H groups in total. The molecule has 1 fully saturated rings. The van der Waals surface area contributed by atoms with Crippen molar-refractivity contribution in [2.45, 2.75) is 23.3 Å². The van der Waals surface area contributed by atoms with Crippen molar-refractivity contribution in [3.8, 4) is 0 Å². The average Bonchev–Trinajstić information content (AvgIpc) is 2.86. The van der Waals surface area contributed by atoms with Crippen molar-refractivity contribution in [2.75, 3.05) is 26.8 Å². The van der Waals surface area contributed by atoms with Gasteiger partial charge < -0.3 is 10.1 Å². The van der Waals surface area contributed by atoms with E-state index in [2.05, 4.69) is 10.0 Å². The zero-order valence-corrected chi connectivity index (χ0v) is 14.5. The van der Waals surface area contributed by atoms with Crippen LogP contribution in [0.15, 0.2) is 23.1 Å². The van der Waals surface area contributed by atoms with Crippen molar-refractivity contribution in [3.63, 3.8) is 0 Å². The molecule has 0 aromatic heterocycles. The smallest absolute Gasteiger partial charge is 0.245 e. The summed E-state index contributed by atoms with van der Waals surface area (Å²) in [5.74, 6) is -0.866. The van der Waals surface area contributed by atoms with Gasteiger partial charge in [0.2, 0.25) is 10.0 Å². The number of benzene rings is 1. The number of rotatable bonds is 6. The van der Waals surface area contributed by atoms with Gasteiger partial charge in [0.25, 0.3) is 0 Å². The molecule has 1 saturated heterocycles. The molecule has 0 spiro atoms. The molecule has 0 aliphatic carbocycles. The van der Waals surface area contributed by atoms with E-state index in [1.54, 1.807) is 7.11 Å². The third kappa shape index (κ3) is 4.31. The third-order valence-corrected chi connectivity index (χ3v) is 5.44. The molecular weight excluding hydrogens is 354 g/mol. The highest BCUT2D eigenvalue weighted by Gasteiger charge is 2.35. The molecule has 9 heteroatoms. The Morgan fingerprint density at radius 2 is 2.23 bits per heavy atom. The monoisotopic (exact) mass is 372 g/mol. The van der Waals surface area contributed by atoms with Gasteiger partial charge in [0, 0.05) is 13.7 Å². The van der Waals surface area contributed by atoms with E-state index in [1.807, 2.05) is 0 Å². The third-order valence-electron chi connectivity index (χ3n) is 3.54. The highest BCUT2D eigenvalue weighted by Crippen LogP contribution is 2.25. The first-order valence-electron chi connectivity index (χ1n) is 6.58. The zero-order chi connectivity index (χ0) is 15.5. The van der Waals surface area contributed by atoms with Crippen LogP contribution in [0.2, 0.25) is 5.02 Å². The number of hydrogen-bond acceptors (Lipinski definition) is 4. The van der Waals surface area contributed by atoms with Gasteiger partial charge in [0.05, 0.1) is 17.2 Å². The van der Waals surface area contributed by atoms with Crippen molar-refractivity contribution < 1.29 is 17.5 Å². The van der Waals surface area contributed by atoms with Crippen molar-refractivity contribution in [3.05, 3.63) is 29.0 Å². The summed E-state index contributed by atoms with van der Waals surface area (Å²) in [5, 5.41) is 3.11. The maximum atomic E-state index is 13.7. The molecule has 2 rings (SSSR count). The molecule has 1 unspecified atom stereocenters. The molecule has 0 bridgehead atoms. The number of halogens is 3. The lowest BCUT2D eigenvalue weighted by molar-refractivity contribution is 0.122. The Morgan fingerprint density at radius 1 is 1.50 bits per heavy atom. The summed E-state index contributed by atoms with van der Waals surface area (Å²) in [4.78, 5) is -0.516. The van der Waals surface area contributed by atoms with E-state index in [1.165, 1.54) is 12.1 Å². The van der Waals surface area contributed by atoms with Crippen LogP contribution in [0.5, 0.6) is 0 Å². The van der Waals surface area contributed by atoms with Crippen LogP contribution in [0.3, 0.4) is 0 Å². The van der Waals surface area contributed by atoms with E-state index >= 15 is 0 Å². The Labute approximate surface area is 141 Å². The molecule has 0 radical (unpaired) electrons. The predicted molar refractivity (Wildman–Crippen MR) is 85.7 cm³/mol. The fourth-order valence-electron chi connectivity index (χ4n) is 2.51. The van der Waals surface area contributed by atoms with E-state index in [4.69, 9.17) is 16.3 Å². The Hall–Kier alpha value is -0.440. The van der Waals surface area contributed by atoms with Crippen LogP contribution in [-0.4, -0.2) is 40.8 Å². The average molecular weight is 373 g/mol. The van der Waals surface area contributed by atoms with Crippen LogP contribution in [0, 0.1) is 5.82 Å². The normalized spacial score (nSPS) is 21.6. The predicted octanol–water partition coefficient (Wildman–Crippen LogP) is 1.95. The number of ether oxygens (including phenoxy) is 1. The molecule has 126 valence electrons. The minimum absolute atomic E-state index is 0. The summed E-state index contributed by atoms with van der Waals surface area (Å²) in [6.45, 7) is 1.29. The molecule has 22 heavy (non-hydrogen) atoms. The molecule has 0 amide bonds. The number of sulfonamides is 1. The second-order valence-electron chi connectivity index (χ2n) is 5.12. The summed E-state index contributed by atoms with van der Waals surface area (Å²) >= 11 is 5.81. The van der Waals surface area contributed by atoms with E-state index in [9.17, 15) is 12.8 Å². The van der Waals surface area contributed by atoms with Gasteiger partial charge in [-0.25, -0.2) is 17.5 Å². The molecule has 1 aliphatic rings. The minimum atomic E-state index is -4.02. The lowest BCUT2D eigenvalue weighted by atomic mass is 9.99. The molecule has 1 aromatic rings. The highest BCUT2D eigenvalue weighted by molar-refractivity contribution is 7.89. The Kier molecular flexibility index (Phi) is 7.04. The second-order valence-corrected chi connectivity index (χ2v) is 7.23. The van der Waals surface area contributed by atoms with Gasteiger partial charge in [-0.15, -0.1) is 12.4 Å². The zero-order valence-electron chi connectivity index (χ0n) is 12.1. The molecular formula is C13H19Cl2FN2O3S. The van der Waals surface area contributed by atoms with Crippen LogP contribution in [0.1, 0.15) is 12.8 Å². The largest absolute Gasteiger partial charge is 0.383 e. The van der Waals surface area contributed by atoms with Gasteiger partial charge in [0.15, 0.2) is 0 Å². The van der Waals surface area contributed by atoms with Crippen molar-refractivity contribution in [2.24, 2.45) is 0 Å². The summed E-state index contributed by atoms with van der Waals surface area (Å²) in [6.07, 6.45) is 1.72. The summed E-state index contributed by atoms with van der Waals surface area (Å²) in [6, 6.07) is 3.78. The van der Waals surface area contributed by atoms with Crippen LogP contribution < -0.4 is 10.0 Å². The molecule has 0 saturated carbocycles. The lowest BCUT2D eigenvalue weighted by Gasteiger charge is -2.28. The maximum Gasteiger partial charge on any atom is 0.245 e. The number of methoxy groups -OCH3 is 1. The van der Waals surface area contributed by atoms with E-state index in [0.29, 0.717) is 6.61 Å². The Balaban J connectivity index is 0.00000242. The van der Waals surface area contributed by atoms with Gasteiger partial charge in [0.1, 0.15) is 10.7 Å². The Bertz CT molecular complexity index is 587. The SMILES string of the molecule is COCC1(CNS(=O)(=O)c2c(F)cccc2Cl)CCCN1.Cl. The topological polar surface area (TPSA) is 67.4 Å². The maximum absolute atomic E-state index is 13.7. The summed E-state index contributed by atoms with van der Waals surface area (Å²) in [7, 11) is -2.46. The van der Waals surface area contributed by atoms with Gasteiger partial charge in [-0.05, 0) is 31.5 Å². The van der Waals surface area contributed by atoms with E-state index in [-0.39, 0.29) is 24.0 Å². The first-order valence-corrected chi connectivity index (χ1v) is 8.44. The molecule has 1 atom stereocenters. The highest BCUT2D eigenvalue weighted by atomic mass is 35.5. The standard InChI is InChI=1S/C13H18ClFN2O3S.ClH/c1-20-9-13(6-3-7-16-13)8-17-21(18,19)12-10(14)4-2-5-11(12)15;/h2,4-5,16-17H,3,6-9H2,1H3;1H. The molecule has 5 nitrogen and oxygen atoms in total. The van der Waals surface area contributed by atoms with Crippen molar-refractivity contribution >= 4 is 34.0 Å². The first-order chi connectivity index (χ1) is 9.90. The number of hydrogen-bond donors (Lipinski definition) is 2. The van der Waals surface area contributed by atoms with Crippen molar-refractivity contribution in [1.82, 2.24) is 10.0 Å². The fourth-order valence-corrected chi connectivity index (χ4v) is 4.24. The second kappa shape index (κ2) is 7.90. The van der Waals surface area contributed by atoms with Crippen LogP contribution in [0.25, 0.3) is 0 Å². The minimum Gasteiger partial charge on any atom is -0.383 e. The Morgan fingerprint density at radius 3 is 2.77 bits per heavy atom. The molecule has 1 aliphatic heterocycles. The lowest BCUT2D eigenvalue weighted by Crippen LogP contribution is -2.53. The molecule has 1 heterocycles. The van der Waals surface area contributed by atoms with E-state index < -0.39 is 26.3 Å². The quantitative estimate of drug-likeness (QED) is 0.800. The van der Waals surface area contributed by atoms with Gasteiger partial charge in [-0.3, -0.25) is 0 Å². The van der Waals surface area contributed by atoms with Crippen LogP contribution in [-0.2, 0) is 14.8 Å². The molecule has 1 aromatic carbocycles. The van der Waals surface area contributed by atoms with Gasteiger partial charge >= 0.3 is 0 Å². The van der Waals surface area contributed by atoms with Crippen molar-refractivity contribution in [1.29, 1.82) is 0 Å². The van der Waals surface area contributed by atoms with Gasteiger partial charge in [-0.2, -0.15) is 0 Å². The summed E-state index contributed by atoms with van der Waals surface area (Å²) in [5.41, 5.74) is -0.459. The fraction of sp³-hybridized carbons (Fsp3) is 0.538. The van der Waals surface area contributed by atoms with Crippen LogP contribution >= 0.6 is 24.0 Å².